The highest BCUT2D eigenvalue weighted by atomic mass is 32.3. The first kappa shape index (κ1) is 17.6. The number of thiol groups is 1. The number of carbonyl (C=O) groups is 2. The molecule has 0 aromatic heterocycles. The Kier molecular flexibility index (Phi) is 5.57. The maximum atomic E-state index is 12.6. The molecule has 0 saturated carbocycles. The topological polar surface area (TPSA) is 142 Å². The quantitative estimate of drug-likeness (QED) is 0.168. The number of nitro benzene ring substituents is 1. The van der Waals surface area contributed by atoms with E-state index in [0.29, 0.717) is 0 Å². The average molecular weight is 331 g/mol. The third-order valence-electron chi connectivity index (χ3n) is 2.63. The lowest BCUT2D eigenvalue weighted by Gasteiger charge is -2.22. The maximum Gasteiger partial charge on any atom is 0.315 e. The zero-order chi connectivity index (χ0) is 16.9. The Labute approximate surface area is 127 Å². The molecule has 1 rings (SSSR count). The molecular formula is C12H17N3O6S. The second kappa shape index (κ2) is 6.98. The van der Waals surface area contributed by atoms with Crippen molar-refractivity contribution >= 4 is 33.4 Å². The first-order valence-corrected chi connectivity index (χ1v) is 8.41. The van der Waals surface area contributed by atoms with Crippen LogP contribution in [0.2, 0.25) is 0 Å². The van der Waals surface area contributed by atoms with Gasteiger partial charge in [0.2, 0.25) is 5.91 Å². The van der Waals surface area contributed by atoms with Crippen molar-refractivity contribution in [1.82, 2.24) is 4.72 Å². The molecular weight excluding hydrogens is 314 g/mol. The molecule has 122 valence electrons. The van der Waals surface area contributed by atoms with Crippen molar-refractivity contribution in [2.45, 2.75) is 18.2 Å². The molecule has 0 radical (unpaired) electrons. The summed E-state index contributed by atoms with van der Waals surface area (Å²) in [4.78, 5) is 32.9. The van der Waals surface area contributed by atoms with Gasteiger partial charge in [0.05, 0.1) is 16.4 Å². The van der Waals surface area contributed by atoms with Crippen LogP contribution in [0.4, 0.5) is 11.4 Å². The monoisotopic (exact) mass is 331 g/mol. The zero-order valence-electron chi connectivity index (χ0n) is 12.1. The molecule has 1 aromatic carbocycles. The van der Waals surface area contributed by atoms with Crippen LogP contribution in [0, 0.1) is 10.1 Å². The molecule has 1 aromatic rings. The number of carbonyl (C=O) groups excluding carboxylic acids is 2. The highest BCUT2D eigenvalue weighted by Crippen LogP contribution is 2.26. The van der Waals surface area contributed by atoms with E-state index in [1.165, 1.54) is 18.4 Å². The molecule has 0 heterocycles. The van der Waals surface area contributed by atoms with E-state index in [9.17, 15) is 23.9 Å². The van der Waals surface area contributed by atoms with Gasteiger partial charge < -0.3 is 10.5 Å². The van der Waals surface area contributed by atoms with Gasteiger partial charge >= 0.3 is 5.97 Å². The predicted octanol–water partition coefficient (Wildman–Crippen LogP) is 0.167. The van der Waals surface area contributed by atoms with Gasteiger partial charge in [0, 0.05) is 24.1 Å². The smallest absolute Gasteiger partial charge is 0.315 e. The molecule has 1 amide bonds. The summed E-state index contributed by atoms with van der Waals surface area (Å²) >= 11 is 0. The molecule has 0 atom stereocenters. The molecule has 10 heteroatoms. The van der Waals surface area contributed by atoms with Crippen molar-refractivity contribution in [2.75, 3.05) is 18.6 Å². The lowest BCUT2D eigenvalue weighted by Crippen LogP contribution is -2.37. The number of nitrogens with zero attached hydrogens (tertiary/aromatic N) is 1. The van der Waals surface area contributed by atoms with Crippen molar-refractivity contribution in [3.63, 3.8) is 0 Å². The zero-order valence-corrected chi connectivity index (χ0v) is 13.0. The van der Waals surface area contributed by atoms with Crippen LogP contribution in [0.5, 0.6) is 0 Å². The molecule has 0 unspecified atom stereocenters. The predicted molar refractivity (Wildman–Crippen MR) is 80.6 cm³/mol. The number of hydrogen-bond acceptors (Lipinski definition) is 7. The minimum absolute atomic E-state index is 0.0427. The maximum absolute atomic E-state index is 12.6. The Morgan fingerprint density at radius 2 is 2.09 bits per heavy atom. The van der Waals surface area contributed by atoms with Gasteiger partial charge in [0.15, 0.2) is 0 Å². The SMILES string of the molecule is CCOC(=O)CC(=O)N[SH](C)(=O)c1cc([N+](=O)[O-])ccc1N. The van der Waals surface area contributed by atoms with Crippen LogP contribution in [0.1, 0.15) is 13.3 Å². The molecule has 22 heavy (non-hydrogen) atoms. The van der Waals surface area contributed by atoms with E-state index in [0.717, 1.165) is 6.07 Å². The van der Waals surface area contributed by atoms with E-state index in [-0.39, 0.29) is 22.9 Å². The summed E-state index contributed by atoms with van der Waals surface area (Å²) in [6.45, 7) is 1.71. The Morgan fingerprint density at radius 3 is 2.64 bits per heavy atom. The highest BCUT2D eigenvalue weighted by molar-refractivity contribution is 8.01. The second-order valence-electron chi connectivity index (χ2n) is 4.44. The van der Waals surface area contributed by atoms with E-state index >= 15 is 0 Å². The molecule has 0 spiro atoms. The van der Waals surface area contributed by atoms with Crippen LogP contribution in [0.25, 0.3) is 0 Å². The van der Waals surface area contributed by atoms with Crippen molar-refractivity contribution in [3.05, 3.63) is 28.3 Å². The molecule has 0 aliphatic carbocycles. The number of esters is 1. The van der Waals surface area contributed by atoms with Crippen LogP contribution in [0.15, 0.2) is 23.1 Å². The molecule has 0 aliphatic rings. The Morgan fingerprint density at radius 1 is 1.45 bits per heavy atom. The van der Waals surface area contributed by atoms with E-state index in [4.69, 9.17) is 5.73 Å². The van der Waals surface area contributed by atoms with Gasteiger partial charge in [-0.15, -0.1) is 0 Å². The number of non-ortho nitro benzene ring substituents is 1. The number of ether oxygens (including phenoxy) is 1. The van der Waals surface area contributed by atoms with Gasteiger partial charge in [-0.05, 0) is 23.1 Å². The van der Waals surface area contributed by atoms with Crippen LogP contribution in [-0.4, -0.2) is 33.9 Å². The largest absolute Gasteiger partial charge is 0.466 e. The second-order valence-corrected chi connectivity index (χ2v) is 6.99. The number of anilines is 1. The van der Waals surface area contributed by atoms with E-state index < -0.39 is 33.3 Å². The van der Waals surface area contributed by atoms with E-state index in [2.05, 4.69) is 9.46 Å². The summed E-state index contributed by atoms with van der Waals surface area (Å²) in [5.74, 6) is -1.57. The van der Waals surface area contributed by atoms with Gasteiger partial charge in [0.25, 0.3) is 5.69 Å². The van der Waals surface area contributed by atoms with Gasteiger partial charge in [-0.2, -0.15) is 0 Å². The number of hydrogen-bond donors (Lipinski definition) is 3. The first-order valence-electron chi connectivity index (χ1n) is 6.26. The third-order valence-corrected chi connectivity index (χ3v) is 4.62. The Bertz CT molecular complexity index is 660. The molecule has 0 aliphatic heterocycles. The average Bonchev–Trinajstić information content (AvgIpc) is 2.37. The van der Waals surface area contributed by atoms with Gasteiger partial charge in [0.1, 0.15) is 6.42 Å². The summed E-state index contributed by atoms with van der Waals surface area (Å²) in [7, 11) is -3.52. The molecule has 9 nitrogen and oxygen atoms in total. The van der Waals surface area contributed by atoms with Gasteiger partial charge in [-0.3, -0.25) is 28.6 Å². The fourth-order valence-corrected chi connectivity index (χ4v) is 3.32. The Balaban J connectivity index is 2.97. The number of benzene rings is 1. The number of rotatable bonds is 6. The fraction of sp³-hybridized carbons (Fsp3) is 0.333. The van der Waals surface area contributed by atoms with Crippen LogP contribution >= 0.6 is 0 Å². The number of nitrogens with two attached hydrogens (primary N) is 1. The summed E-state index contributed by atoms with van der Waals surface area (Å²) in [5.41, 5.74) is 5.41. The highest BCUT2D eigenvalue weighted by Gasteiger charge is 2.22. The number of amides is 1. The van der Waals surface area contributed by atoms with Gasteiger partial charge in [-0.1, -0.05) is 0 Å². The lowest BCUT2D eigenvalue weighted by atomic mass is 10.3. The van der Waals surface area contributed by atoms with Crippen molar-refractivity contribution in [2.24, 2.45) is 0 Å². The van der Waals surface area contributed by atoms with Gasteiger partial charge in [-0.25, -0.2) is 0 Å². The normalized spacial score (nSPS) is 11.5. The van der Waals surface area contributed by atoms with Crippen molar-refractivity contribution in [1.29, 1.82) is 0 Å². The molecule has 3 N–H and O–H groups in total. The molecule has 0 bridgehead atoms. The summed E-state index contributed by atoms with van der Waals surface area (Å²) in [5, 5.41) is 10.8. The minimum atomic E-state index is -3.52. The van der Waals surface area contributed by atoms with Crippen molar-refractivity contribution < 1.29 is 23.5 Å². The van der Waals surface area contributed by atoms with Crippen molar-refractivity contribution in [3.8, 4) is 0 Å². The molecule has 0 saturated heterocycles. The minimum Gasteiger partial charge on any atom is -0.466 e. The van der Waals surface area contributed by atoms with Crippen LogP contribution in [0.3, 0.4) is 0 Å². The number of nitrogen functional groups attached to an aromatic ring is 1. The lowest BCUT2D eigenvalue weighted by molar-refractivity contribution is -0.385. The van der Waals surface area contributed by atoms with E-state index in [1.54, 1.807) is 6.92 Å². The van der Waals surface area contributed by atoms with Crippen LogP contribution in [-0.2, 0) is 24.4 Å². The van der Waals surface area contributed by atoms with E-state index in [1.807, 2.05) is 0 Å². The number of nitrogens with one attached hydrogen (secondary N) is 1. The summed E-state index contributed by atoms with van der Waals surface area (Å²) in [6, 6.07) is 3.45. The third kappa shape index (κ3) is 4.52. The van der Waals surface area contributed by atoms with Crippen LogP contribution < -0.4 is 10.5 Å². The fourth-order valence-electron chi connectivity index (χ4n) is 1.70. The standard InChI is InChI=1S/C12H17N3O6S/c1-3-21-12(17)7-11(16)14-22(2,20)10-6-8(15(18)19)4-5-9(10)13/h4-6,22H,3,7,13H2,1-2H3,(H,14,16,20). The first-order chi connectivity index (χ1) is 10.2. The number of nitro groups is 1. The molecule has 0 fully saturated rings. The summed E-state index contributed by atoms with van der Waals surface area (Å²) in [6.07, 6.45) is 0.603. The summed E-state index contributed by atoms with van der Waals surface area (Å²) < 4.78 is 19.4. The Hall–Kier alpha value is -2.49.